The second-order valence-electron chi connectivity index (χ2n) is 11.1. The summed E-state index contributed by atoms with van der Waals surface area (Å²) in [6.07, 6.45) is 1.37. The van der Waals surface area contributed by atoms with E-state index in [1.807, 2.05) is 45.0 Å². The molecule has 2 fully saturated rings. The third-order valence-electron chi connectivity index (χ3n) is 7.07. The maximum absolute atomic E-state index is 13.7. The van der Waals surface area contributed by atoms with Gasteiger partial charge in [0.05, 0.1) is 19.8 Å². The van der Waals surface area contributed by atoms with Crippen LogP contribution in [-0.4, -0.2) is 84.4 Å². The van der Waals surface area contributed by atoms with Crippen LogP contribution in [0.5, 0.6) is 0 Å². The van der Waals surface area contributed by atoms with Crippen molar-refractivity contribution in [3.63, 3.8) is 0 Å². The van der Waals surface area contributed by atoms with Crippen LogP contribution in [0.3, 0.4) is 0 Å². The van der Waals surface area contributed by atoms with Crippen LogP contribution in [0, 0.1) is 0 Å². The summed E-state index contributed by atoms with van der Waals surface area (Å²) in [5, 5.41) is 9.14. The lowest BCUT2D eigenvalue weighted by atomic mass is 9.89. The van der Waals surface area contributed by atoms with Gasteiger partial charge in [0.1, 0.15) is 12.2 Å². The van der Waals surface area contributed by atoms with E-state index in [4.69, 9.17) is 14.6 Å². The van der Waals surface area contributed by atoms with Gasteiger partial charge < -0.3 is 24.4 Å². The Kier molecular flexibility index (Phi) is 9.24. The van der Waals surface area contributed by atoms with E-state index in [1.165, 1.54) is 0 Å². The highest BCUT2D eigenvalue weighted by Gasteiger charge is 2.29. The highest BCUT2D eigenvalue weighted by Crippen LogP contribution is 2.32. The zero-order valence-electron chi connectivity index (χ0n) is 23.1. The van der Waals surface area contributed by atoms with E-state index >= 15 is 0 Å². The molecule has 0 spiro atoms. The summed E-state index contributed by atoms with van der Waals surface area (Å²) in [6, 6.07) is 15.0. The van der Waals surface area contributed by atoms with E-state index in [2.05, 4.69) is 12.1 Å². The largest absolute Gasteiger partial charge is 0.444 e. The predicted molar refractivity (Wildman–Crippen MR) is 148 cm³/mol. The monoisotopic (exact) mass is 537 g/mol. The second kappa shape index (κ2) is 12.6. The minimum atomic E-state index is -0.537. The van der Waals surface area contributed by atoms with Crippen molar-refractivity contribution in [3.8, 4) is 0 Å². The molecule has 1 N–H and O–H groups in total. The first kappa shape index (κ1) is 28.6. The van der Waals surface area contributed by atoms with Crippen LogP contribution in [-0.2, 0) is 16.0 Å². The smallest absolute Gasteiger partial charge is 0.410 e. The Morgan fingerprint density at radius 1 is 0.974 bits per heavy atom. The Balaban J connectivity index is 1.51. The fraction of sp³-hybridized carbons (Fsp3) is 0.500. The van der Waals surface area contributed by atoms with Crippen molar-refractivity contribution >= 4 is 23.6 Å². The number of ether oxygens (including phenoxy) is 2. The van der Waals surface area contributed by atoms with Crippen molar-refractivity contribution in [2.75, 3.05) is 50.9 Å². The number of ketones is 1. The van der Waals surface area contributed by atoms with Crippen LogP contribution in [0.2, 0.25) is 0 Å². The molecule has 2 heterocycles. The third kappa shape index (κ3) is 7.58. The zero-order chi connectivity index (χ0) is 28.0. The number of hydrogen-bond acceptors (Lipinski definition) is 6. The number of hydrogen-bond donors (Lipinski definition) is 1. The molecule has 2 aromatic rings. The number of likely N-dealkylation sites (tertiary alicyclic amines) is 1. The summed E-state index contributed by atoms with van der Waals surface area (Å²) in [6.45, 7) is 8.74. The molecule has 3 amide bonds. The molecule has 0 bridgehead atoms. The number of morpholine rings is 1. The number of anilines is 1. The van der Waals surface area contributed by atoms with Gasteiger partial charge >= 0.3 is 12.1 Å². The molecule has 9 heteroatoms. The highest BCUT2D eigenvalue weighted by atomic mass is 16.6. The fourth-order valence-corrected chi connectivity index (χ4v) is 4.93. The van der Waals surface area contributed by atoms with E-state index in [1.54, 1.807) is 26.8 Å². The average Bonchev–Trinajstić information content (AvgIpc) is 2.95. The fourth-order valence-electron chi connectivity index (χ4n) is 4.93. The number of urea groups is 1. The van der Waals surface area contributed by atoms with Crippen molar-refractivity contribution in [2.45, 2.75) is 51.7 Å². The van der Waals surface area contributed by atoms with Crippen LogP contribution >= 0.6 is 0 Å². The highest BCUT2D eigenvalue weighted by molar-refractivity contribution is 5.97. The Morgan fingerprint density at radius 2 is 1.64 bits per heavy atom. The van der Waals surface area contributed by atoms with Crippen molar-refractivity contribution < 1.29 is 29.0 Å². The van der Waals surface area contributed by atoms with Gasteiger partial charge in [0.2, 0.25) is 0 Å². The minimum absolute atomic E-state index is 0.0919. The molecule has 2 saturated heterocycles. The molecule has 0 aliphatic carbocycles. The molecule has 2 aromatic carbocycles. The number of aliphatic hydroxyl groups is 1. The lowest BCUT2D eigenvalue weighted by molar-refractivity contribution is 0.0204. The zero-order valence-corrected chi connectivity index (χ0v) is 23.1. The molecule has 0 saturated carbocycles. The number of nitrogens with zero attached hydrogens (tertiary/aromatic N) is 3. The summed E-state index contributed by atoms with van der Waals surface area (Å²) < 4.78 is 11.0. The van der Waals surface area contributed by atoms with Gasteiger partial charge in [0.15, 0.2) is 5.78 Å². The van der Waals surface area contributed by atoms with Crippen LogP contribution in [0.25, 0.3) is 0 Å². The van der Waals surface area contributed by atoms with E-state index in [-0.39, 0.29) is 23.8 Å². The molecule has 0 radical (unpaired) electrons. The van der Waals surface area contributed by atoms with E-state index in [0.29, 0.717) is 51.5 Å². The lowest BCUT2D eigenvalue weighted by Gasteiger charge is -2.35. The molecule has 0 aromatic heterocycles. The van der Waals surface area contributed by atoms with Crippen LogP contribution < -0.4 is 4.90 Å². The Bertz CT molecular complexity index is 1150. The van der Waals surface area contributed by atoms with Crippen molar-refractivity contribution in [1.29, 1.82) is 0 Å². The number of carbonyl (C=O) groups excluding carboxylic acids is 3. The van der Waals surface area contributed by atoms with E-state index in [9.17, 15) is 14.4 Å². The molecule has 2 aliphatic rings. The van der Waals surface area contributed by atoms with Crippen molar-refractivity contribution in [2.24, 2.45) is 0 Å². The second-order valence-corrected chi connectivity index (χ2v) is 11.1. The van der Waals surface area contributed by atoms with Gasteiger partial charge in [-0.1, -0.05) is 36.4 Å². The minimum Gasteiger partial charge on any atom is -0.444 e. The number of aliphatic hydroxyl groups excluding tert-OH is 1. The molecular weight excluding hydrogens is 498 g/mol. The molecule has 4 rings (SSSR count). The number of amides is 3. The van der Waals surface area contributed by atoms with Crippen molar-refractivity contribution in [3.05, 3.63) is 65.2 Å². The molecule has 9 nitrogen and oxygen atoms in total. The molecule has 0 atom stereocenters. The molecule has 210 valence electrons. The average molecular weight is 538 g/mol. The van der Waals surface area contributed by atoms with Crippen LogP contribution in [0.1, 0.15) is 61.0 Å². The van der Waals surface area contributed by atoms with Crippen LogP contribution in [0.15, 0.2) is 48.5 Å². The summed E-state index contributed by atoms with van der Waals surface area (Å²) in [7, 11) is 0. The standard InChI is InChI=1S/C30H39N3O6/c1-30(2,3)39-29(37)32-13-11-23(12-14-32)25-5-4-6-26(19-25)33(28(36)31-15-17-38-18-16-31)20-22-7-9-24(10-8-22)27(35)21-34/h4-10,19,23,34H,11-18,20-21H2,1-3H3. The van der Waals surface area contributed by atoms with Gasteiger partial charge in [-0.3, -0.25) is 9.69 Å². The quantitative estimate of drug-likeness (QED) is 0.547. The van der Waals surface area contributed by atoms with Crippen molar-refractivity contribution in [1.82, 2.24) is 9.80 Å². The molecular formula is C30H39N3O6. The van der Waals surface area contributed by atoms with Gasteiger partial charge in [-0.25, -0.2) is 9.59 Å². The number of Topliss-reactive ketones (excluding diaryl/α,β-unsaturated/α-hetero) is 1. The van der Waals surface area contributed by atoms with E-state index < -0.39 is 12.2 Å². The van der Waals surface area contributed by atoms with Gasteiger partial charge in [-0.15, -0.1) is 0 Å². The number of rotatable bonds is 6. The summed E-state index contributed by atoms with van der Waals surface area (Å²) in [5.41, 5.74) is 2.73. The number of piperidine rings is 1. The maximum atomic E-state index is 13.7. The first-order valence-electron chi connectivity index (χ1n) is 13.6. The van der Waals surface area contributed by atoms with Gasteiger partial charge in [-0.2, -0.15) is 0 Å². The Hall–Kier alpha value is -3.43. The molecule has 0 unspecified atom stereocenters. The Morgan fingerprint density at radius 3 is 2.26 bits per heavy atom. The molecule has 2 aliphatic heterocycles. The Labute approximate surface area is 230 Å². The first-order chi connectivity index (χ1) is 18.6. The lowest BCUT2D eigenvalue weighted by Crippen LogP contribution is -2.48. The normalized spacial score (nSPS) is 16.6. The number of carbonyl (C=O) groups is 3. The maximum Gasteiger partial charge on any atom is 0.410 e. The summed E-state index contributed by atoms with van der Waals surface area (Å²) >= 11 is 0. The summed E-state index contributed by atoms with van der Waals surface area (Å²) in [5.74, 6) is -0.0685. The van der Waals surface area contributed by atoms with Gasteiger partial charge in [-0.05, 0) is 62.8 Å². The SMILES string of the molecule is CC(C)(C)OC(=O)N1CCC(c2cccc(N(Cc3ccc(C(=O)CO)cc3)C(=O)N3CCOCC3)c2)CC1. The van der Waals surface area contributed by atoms with Crippen LogP contribution in [0.4, 0.5) is 15.3 Å². The van der Waals surface area contributed by atoms with Gasteiger partial charge in [0, 0.05) is 37.4 Å². The topological polar surface area (TPSA) is 99.6 Å². The summed E-state index contributed by atoms with van der Waals surface area (Å²) in [4.78, 5) is 43.4. The van der Waals surface area contributed by atoms with E-state index in [0.717, 1.165) is 29.7 Å². The molecule has 39 heavy (non-hydrogen) atoms. The first-order valence-corrected chi connectivity index (χ1v) is 13.6. The third-order valence-corrected chi connectivity index (χ3v) is 7.07. The predicted octanol–water partition coefficient (Wildman–Crippen LogP) is 4.43. The van der Waals surface area contributed by atoms with Gasteiger partial charge in [0.25, 0.3) is 0 Å². The number of benzene rings is 2.